The zero-order chi connectivity index (χ0) is 18.4. The van der Waals surface area contributed by atoms with E-state index in [-0.39, 0.29) is 24.9 Å². The molecule has 7 nitrogen and oxygen atoms in total. The normalized spacial score (nSPS) is 23.8. The summed E-state index contributed by atoms with van der Waals surface area (Å²) < 4.78 is 32.6. The monoisotopic (exact) mass is 366 g/mol. The first-order valence-corrected chi connectivity index (χ1v) is 9.82. The number of sulfonamides is 1. The van der Waals surface area contributed by atoms with Crippen LogP contribution in [0.3, 0.4) is 0 Å². The van der Waals surface area contributed by atoms with Crippen LogP contribution in [0.25, 0.3) is 0 Å². The van der Waals surface area contributed by atoms with E-state index >= 15 is 0 Å². The van der Waals surface area contributed by atoms with Gasteiger partial charge in [0, 0.05) is 13.1 Å². The fourth-order valence-electron chi connectivity index (χ4n) is 3.20. The van der Waals surface area contributed by atoms with Crippen LogP contribution in [0.2, 0.25) is 0 Å². The molecule has 2 aliphatic rings. The predicted octanol–water partition coefficient (Wildman–Crippen LogP) is 1.11. The molecule has 2 aliphatic heterocycles. The maximum Gasteiger partial charge on any atom is 0.261 e. The van der Waals surface area contributed by atoms with Gasteiger partial charge in [0.25, 0.3) is 11.8 Å². The second-order valence-electron chi connectivity index (χ2n) is 7.09. The molecule has 8 heteroatoms. The lowest BCUT2D eigenvalue weighted by molar-refractivity contribution is -0.0551. The van der Waals surface area contributed by atoms with E-state index in [1.807, 2.05) is 6.92 Å². The number of imide groups is 1. The molecule has 136 valence electrons. The highest BCUT2D eigenvalue weighted by Crippen LogP contribution is 2.27. The van der Waals surface area contributed by atoms with E-state index in [1.165, 1.54) is 4.31 Å². The van der Waals surface area contributed by atoms with Crippen molar-refractivity contribution in [1.82, 2.24) is 9.21 Å². The van der Waals surface area contributed by atoms with Gasteiger partial charge in [0.15, 0.2) is 0 Å². The fourth-order valence-corrected chi connectivity index (χ4v) is 5.08. The molecule has 1 atom stereocenters. The average molecular weight is 366 g/mol. The highest BCUT2D eigenvalue weighted by atomic mass is 32.2. The number of morpholine rings is 1. The van der Waals surface area contributed by atoms with Crippen molar-refractivity contribution in [1.29, 1.82) is 0 Å². The maximum atomic E-state index is 12.8. The van der Waals surface area contributed by atoms with E-state index in [2.05, 4.69) is 0 Å². The largest absolute Gasteiger partial charge is 0.375 e. The van der Waals surface area contributed by atoms with Gasteiger partial charge in [-0.2, -0.15) is 4.31 Å². The molecular weight excluding hydrogens is 344 g/mol. The molecule has 0 bridgehead atoms. The van der Waals surface area contributed by atoms with Crippen LogP contribution in [0.15, 0.2) is 24.3 Å². The second kappa shape index (κ2) is 6.19. The molecule has 1 aromatic rings. The summed E-state index contributed by atoms with van der Waals surface area (Å²) in [6.45, 7) is 5.84. The van der Waals surface area contributed by atoms with E-state index in [4.69, 9.17) is 4.74 Å². The lowest BCUT2D eigenvalue weighted by Gasteiger charge is -2.43. The zero-order valence-electron chi connectivity index (χ0n) is 14.6. The number of amides is 2. The van der Waals surface area contributed by atoms with Gasteiger partial charge in [0.1, 0.15) is 0 Å². The number of rotatable bonds is 4. The molecule has 1 fully saturated rings. The van der Waals surface area contributed by atoms with Crippen LogP contribution in [-0.4, -0.2) is 66.5 Å². The highest BCUT2D eigenvalue weighted by Gasteiger charge is 2.42. The molecule has 3 rings (SSSR count). The third-order valence-electron chi connectivity index (χ3n) is 4.61. The predicted molar refractivity (Wildman–Crippen MR) is 91.8 cm³/mol. The fraction of sp³-hybridized carbons (Fsp3) is 0.529. The molecule has 2 heterocycles. The number of hydrogen-bond donors (Lipinski definition) is 0. The topological polar surface area (TPSA) is 84.0 Å². The number of hydrogen-bond acceptors (Lipinski definition) is 5. The minimum absolute atomic E-state index is 0.156. The number of carbonyl (C=O) groups excluding carboxylic acids is 2. The highest BCUT2D eigenvalue weighted by molar-refractivity contribution is 7.89. The Kier molecular flexibility index (Phi) is 4.47. The Bertz CT molecular complexity index is 783. The molecule has 1 unspecified atom stereocenters. The van der Waals surface area contributed by atoms with Gasteiger partial charge in [-0.3, -0.25) is 14.5 Å². The first-order valence-electron chi connectivity index (χ1n) is 8.21. The minimum Gasteiger partial charge on any atom is -0.375 e. The summed E-state index contributed by atoms with van der Waals surface area (Å²) in [4.78, 5) is 25.7. The van der Waals surface area contributed by atoms with Crippen LogP contribution in [0, 0.1) is 0 Å². The van der Waals surface area contributed by atoms with Gasteiger partial charge >= 0.3 is 0 Å². The molecule has 0 N–H and O–H groups in total. The molecule has 2 amide bonds. The number of benzene rings is 1. The molecule has 1 saturated heterocycles. The molecule has 1 aromatic carbocycles. The van der Waals surface area contributed by atoms with E-state index in [9.17, 15) is 18.0 Å². The Hall–Kier alpha value is -1.77. The van der Waals surface area contributed by atoms with Gasteiger partial charge in [0.05, 0.1) is 35.1 Å². The number of carbonyl (C=O) groups is 2. The third-order valence-corrected chi connectivity index (χ3v) is 6.62. The number of nitrogens with zero attached hydrogens (tertiary/aromatic N) is 2. The van der Waals surface area contributed by atoms with Crippen molar-refractivity contribution in [3.05, 3.63) is 35.4 Å². The molecule has 0 aliphatic carbocycles. The average Bonchev–Trinajstić information content (AvgIpc) is 2.80. The van der Waals surface area contributed by atoms with Crippen LogP contribution >= 0.6 is 0 Å². The summed E-state index contributed by atoms with van der Waals surface area (Å²) in [6, 6.07) is 6.53. The lowest BCUT2D eigenvalue weighted by Crippen LogP contribution is -2.58. The number of fused-ring (bicyclic) bond motifs is 1. The Morgan fingerprint density at radius 2 is 1.72 bits per heavy atom. The van der Waals surface area contributed by atoms with Crippen molar-refractivity contribution in [3.63, 3.8) is 0 Å². The second-order valence-corrected chi connectivity index (χ2v) is 9.10. The van der Waals surface area contributed by atoms with Gasteiger partial charge in [0.2, 0.25) is 10.0 Å². The standard InChI is InChI=1S/C17H22N2O5S/c1-12-10-19(17(2,3)11-24-12)25(22,23)9-8-18-15(20)13-6-4-5-7-14(13)16(18)21/h4-7,12H,8-11H2,1-3H3. The summed E-state index contributed by atoms with van der Waals surface area (Å²) >= 11 is 0. The first-order chi connectivity index (χ1) is 11.6. The molecule has 0 radical (unpaired) electrons. The van der Waals surface area contributed by atoms with Crippen LogP contribution in [-0.2, 0) is 14.8 Å². The molecular formula is C17H22N2O5S. The Morgan fingerprint density at radius 3 is 2.28 bits per heavy atom. The van der Waals surface area contributed by atoms with Gasteiger partial charge in [-0.15, -0.1) is 0 Å². The van der Waals surface area contributed by atoms with Gasteiger partial charge in [-0.25, -0.2) is 8.42 Å². The first kappa shape index (κ1) is 18.0. The van der Waals surface area contributed by atoms with Crippen LogP contribution < -0.4 is 0 Å². The molecule has 25 heavy (non-hydrogen) atoms. The lowest BCUT2D eigenvalue weighted by atomic mass is 10.1. The van der Waals surface area contributed by atoms with Crippen molar-refractivity contribution >= 4 is 21.8 Å². The Labute approximate surface area is 147 Å². The van der Waals surface area contributed by atoms with Crippen molar-refractivity contribution in [2.45, 2.75) is 32.4 Å². The van der Waals surface area contributed by atoms with E-state index in [0.717, 1.165) is 4.90 Å². The Morgan fingerprint density at radius 1 is 1.16 bits per heavy atom. The molecule has 0 spiro atoms. The SMILES string of the molecule is CC1CN(S(=O)(=O)CCN2C(=O)c3ccccc3C2=O)C(C)(C)CO1. The summed E-state index contributed by atoms with van der Waals surface area (Å²) in [5.74, 6) is -1.18. The summed E-state index contributed by atoms with van der Waals surface area (Å²) in [5, 5.41) is 0. The van der Waals surface area contributed by atoms with E-state index < -0.39 is 27.4 Å². The van der Waals surface area contributed by atoms with Crippen molar-refractivity contribution < 1.29 is 22.7 Å². The third kappa shape index (κ3) is 3.21. The van der Waals surface area contributed by atoms with Crippen LogP contribution in [0.5, 0.6) is 0 Å². The zero-order valence-corrected chi connectivity index (χ0v) is 15.4. The van der Waals surface area contributed by atoms with Crippen molar-refractivity contribution in [2.24, 2.45) is 0 Å². The van der Waals surface area contributed by atoms with Gasteiger partial charge in [-0.05, 0) is 32.9 Å². The summed E-state index contributed by atoms with van der Waals surface area (Å²) in [6.07, 6.45) is -0.192. The van der Waals surface area contributed by atoms with E-state index in [1.54, 1.807) is 38.1 Å². The quantitative estimate of drug-likeness (QED) is 0.746. The summed E-state index contributed by atoms with van der Waals surface area (Å²) in [5.41, 5.74) is -0.0108. The van der Waals surface area contributed by atoms with E-state index in [0.29, 0.717) is 17.7 Å². The van der Waals surface area contributed by atoms with Crippen LogP contribution in [0.4, 0.5) is 0 Å². The smallest absolute Gasteiger partial charge is 0.261 e. The van der Waals surface area contributed by atoms with Crippen molar-refractivity contribution in [2.75, 3.05) is 25.4 Å². The molecule has 0 aromatic heterocycles. The van der Waals surface area contributed by atoms with Gasteiger partial charge < -0.3 is 4.74 Å². The van der Waals surface area contributed by atoms with Gasteiger partial charge in [-0.1, -0.05) is 12.1 Å². The maximum absolute atomic E-state index is 12.8. The Balaban J connectivity index is 1.75. The van der Waals surface area contributed by atoms with Crippen molar-refractivity contribution in [3.8, 4) is 0 Å². The summed E-state index contributed by atoms with van der Waals surface area (Å²) in [7, 11) is -3.64. The minimum atomic E-state index is -3.64. The van der Waals surface area contributed by atoms with Crippen LogP contribution in [0.1, 0.15) is 41.5 Å². The number of ether oxygens (including phenoxy) is 1. The molecule has 0 saturated carbocycles.